The number of nitrogens with zero attached hydrogens (tertiary/aromatic N) is 3. The lowest BCUT2D eigenvalue weighted by molar-refractivity contribution is 0.629. The van der Waals surface area contributed by atoms with Gasteiger partial charge in [-0.15, -0.1) is 0 Å². The number of fused-ring (bicyclic) bond motifs is 1. The quantitative estimate of drug-likeness (QED) is 0.551. The van der Waals surface area contributed by atoms with Crippen LogP contribution in [0.2, 0.25) is 0 Å². The van der Waals surface area contributed by atoms with Crippen LogP contribution in [0.15, 0.2) is 73.2 Å². The summed E-state index contributed by atoms with van der Waals surface area (Å²) in [5.41, 5.74) is 5.20. The minimum Gasteiger partial charge on any atom is -0.365 e. The predicted octanol–water partition coefficient (Wildman–Crippen LogP) is 5.27. The smallest absolute Gasteiger partial charge is 0.157 e. The normalized spacial score (nSPS) is 11.7. The molecule has 2 heterocycles. The molecule has 0 atom stereocenters. The van der Waals surface area contributed by atoms with Crippen LogP contribution >= 0.6 is 0 Å². The molecule has 4 heteroatoms. The summed E-state index contributed by atoms with van der Waals surface area (Å²) >= 11 is 0. The largest absolute Gasteiger partial charge is 0.365 e. The average molecular weight is 342 g/mol. The Morgan fingerprint density at radius 2 is 1.50 bits per heavy atom. The topological polar surface area (TPSA) is 42.2 Å². The highest BCUT2D eigenvalue weighted by atomic mass is 15.2. The highest BCUT2D eigenvalue weighted by Gasteiger charge is 2.19. The van der Waals surface area contributed by atoms with Gasteiger partial charge in [0, 0.05) is 23.5 Å². The molecule has 0 amide bonds. The number of aromatic nitrogens is 3. The first-order valence-corrected chi connectivity index (χ1v) is 8.77. The zero-order valence-corrected chi connectivity index (χ0v) is 15.3. The van der Waals surface area contributed by atoms with Gasteiger partial charge in [0.15, 0.2) is 5.65 Å². The molecule has 0 bridgehead atoms. The molecular weight excluding hydrogens is 320 g/mol. The van der Waals surface area contributed by atoms with Gasteiger partial charge in [-0.25, -0.2) is 4.98 Å². The first-order valence-electron chi connectivity index (χ1n) is 8.77. The molecular formula is C22H22N4. The zero-order chi connectivity index (χ0) is 18.1. The van der Waals surface area contributed by atoms with E-state index >= 15 is 0 Å². The summed E-state index contributed by atoms with van der Waals surface area (Å²) in [6.07, 6.45) is 5.51. The Labute approximate surface area is 153 Å². The lowest BCUT2D eigenvalue weighted by Gasteiger charge is -2.22. The Kier molecular flexibility index (Phi) is 3.96. The number of hydrogen-bond donors (Lipinski definition) is 1. The summed E-state index contributed by atoms with van der Waals surface area (Å²) < 4.78 is 2.05. The van der Waals surface area contributed by atoms with Gasteiger partial charge in [-0.1, -0.05) is 54.6 Å². The van der Waals surface area contributed by atoms with Gasteiger partial charge >= 0.3 is 0 Å². The summed E-state index contributed by atoms with van der Waals surface area (Å²) in [6, 6.07) is 19.0. The molecule has 1 N–H and O–H groups in total. The fourth-order valence-electron chi connectivity index (χ4n) is 3.03. The molecule has 0 unspecified atom stereocenters. The fourth-order valence-corrected chi connectivity index (χ4v) is 3.03. The lowest BCUT2D eigenvalue weighted by Crippen LogP contribution is -2.27. The summed E-state index contributed by atoms with van der Waals surface area (Å²) in [7, 11) is 0. The van der Waals surface area contributed by atoms with Gasteiger partial charge in [0.1, 0.15) is 11.5 Å². The monoisotopic (exact) mass is 342 g/mol. The standard InChI is InChI=1S/C22H22N4/c1-22(2,3)25-21-20(24-19-15-23-13-14-26(19)21)18-11-9-17(10-12-18)16-7-5-4-6-8-16/h4-15,25H,1-3H3. The second kappa shape index (κ2) is 6.30. The molecule has 4 rings (SSSR count). The fraction of sp³-hybridized carbons (Fsp3) is 0.182. The van der Waals surface area contributed by atoms with E-state index in [1.165, 1.54) is 11.1 Å². The van der Waals surface area contributed by atoms with Gasteiger partial charge in [-0.2, -0.15) is 0 Å². The van der Waals surface area contributed by atoms with Crippen molar-refractivity contribution in [2.45, 2.75) is 26.3 Å². The minimum absolute atomic E-state index is 0.0715. The maximum absolute atomic E-state index is 4.81. The molecule has 0 radical (unpaired) electrons. The average Bonchev–Trinajstić information content (AvgIpc) is 3.00. The molecule has 0 saturated carbocycles. The zero-order valence-electron chi connectivity index (χ0n) is 15.3. The summed E-state index contributed by atoms with van der Waals surface area (Å²) in [5, 5.41) is 3.59. The predicted molar refractivity (Wildman–Crippen MR) is 107 cm³/mol. The van der Waals surface area contributed by atoms with Crippen molar-refractivity contribution in [2.75, 3.05) is 5.32 Å². The van der Waals surface area contributed by atoms with Gasteiger partial charge in [0.25, 0.3) is 0 Å². The second-order valence-electron chi connectivity index (χ2n) is 7.43. The van der Waals surface area contributed by atoms with E-state index in [1.807, 2.05) is 12.3 Å². The van der Waals surface area contributed by atoms with Gasteiger partial charge in [-0.05, 0) is 31.9 Å². The number of hydrogen-bond acceptors (Lipinski definition) is 3. The number of anilines is 1. The van der Waals surface area contributed by atoms with E-state index < -0.39 is 0 Å². The molecule has 4 nitrogen and oxygen atoms in total. The molecule has 2 aromatic heterocycles. The summed E-state index contributed by atoms with van der Waals surface area (Å²) in [6.45, 7) is 6.45. The van der Waals surface area contributed by atoms with Crippen molar-refractivity contribution in [1.82, 2.24) is 14.4 Å². The first kappa shape index (κ1) is 16.3. The van der Waals surface area contributed by atoms with Crippen molar-refractivity contribution in [3.8, 4) is 22.4 Å². The highest BCUT2D eigenvalue weighted by molar-refractivity contribution is 5.78. The molecule has 0 spiro atoms. The van der Waals surface area contributed by atoms with Crippen LogP contribution in [0.4, 0.5) is 5.82 Å². The van der Waals surface area contributed by atoms with E-state index in [1.54, 1.807) is 12.4 Å². The van der Waals surface area contributed by atoms with E-state index in [0.717, 1.165) is 22.7 Å². The van der Waals surface area contributed by atoms with Gasteiger partial charge in [0.05, 0.1) is 6.20 Å². The molecule has 0 fully saturated rings. The minimum atomic E-state index is -0.0715. The molecule has 26 heavy (non-hydrogen) atoms. The van der Waals surface area contributed by atoms with Crippen molar-refractivity contribution < 1.29 is 0 Å². The highest BCUT2D eigenvalue weighted by Crippen LogP contribution is 2.32. The van der Waals surface area contributed by atoms with Crippen LogP contribution in [-0.4, -0.2) is 19.9 Å². The van der Waals surface area contributed by atoms with Crippen LogP contribution in [0, 0.1) is 0 Å². The number of imidazole rings is 1. The Bertz CT molecular complexity index is 1030. The van der Waals surface area contributed by atoms with Gasteiger partial charge < -0.3 is 5.32 Å². The van der Waals surface area contributed by atoms with E-state index in [0.29, 0.717) is 0 Å². The van der Waals surface area contributed by atoms with Gasteiger partial charge in [-0.3, -0.25) is 9.38 Å². The third kappa shape index (κ3) is 3.18. The maximum Gasteiger partial charge on any atom is 0.157 e. The Morgan fingerprint density at radius 3 is 2.19 bits per heavy atom. The van der Waals surface area contributed by atoms with Crippen molar-refractivity contribution in [3.05, 3.63) is 73.2 Å². The van der Waals surface area contributed by atoms with Crippen LogP contribution in [0.1, 0.15) is 20.8 Å². The van der Waals surface area contributed by atoms with Crippen LogP contribution in [0.5, 0.6) is 0 Å². The van der Waals surface area contributed by atoms with E-state index in [-0.39, 0.29) is 5.54 Å². The van der Waals surface area contributed by atoms with Gasteiger partial charge in [0.2, 0.25) is 0 Å². The molecule has 0 aliphatic heterocycles. The van der Waals surface area contributed by atoms with Crippen LogP contribution in [-0.2, 0) is 0 Å². The number of rotatable bonds is 3. The molecule has 0 aliphatic carbocycles. The first-order chi connectivity index (χ1) is 12.5. The molecule has 2 aromatic carbocycles. The number of nitrogens with one attached hydrogen (secondary N) is 1. The molecule has 130 valence electrons. The van der Waals surface area contributed by atoms with Crippen LogP contribution < -0.4 is 5.32 Å². The van der Waals surface area contributed by atoms with Crippen molar-refractivity contribution in [1.29, 1.82) is 0 Å². The second-order valence-corrected chi connectivity index (χ2v) is 7.43. The van der Waals surface area contributed by atoms with E-state index in [2.05, 4.69) is 84.0 Å². The van der Waals surface area contributed by atoms with Crippen LogP contribution in [0.25, 0.3) is 28.0 Å². The summed E-state index contributed by atoms with van der Waals surface area (Å²) in [5.74, 6) is 0.988. The van der Waals surface area contributed by atoms with Crippen molar-refractivity contribution >= 4 is 11.5 Å². The van der Waals surface area contributed by atoms with E-state index in [9.17, 15) is 0 Å². The molecule has 0 saturated heterocycles. The third-order valence-corrected chi connectivity index (χ3v) is 4.19. The van der Waals surface area contributed by atoms with Crippen molar-refractivity contribution in [2.24, 2.45) is 0 Å². The number of benzene rings is 2. The summed E-state index contributed by atoms with van der Waals surface area (Å²) in [4.78, 5) is 9.01. The maximum atomic E-state index is 4.81. The lowest BCUT2D eigenvalue weighted by atomic mass is 10.0. The van der Waals surface area contributed by atoms with Crippen LogP contribution in [0.3, 0.4) is 0 Å². The Balaban J connectivity index is 1.80. The third-order valence-electron chi connectivity index (χ3n) is 4.19. The molecule has 4 aromatic rings. The Hall–Kier alpha value is -3.14. The van der Waals surface area contributed by atoms with E-state index in [4.69, 9.17) is 4.98 Å². The van der Waals surface area contributed by atoms with Crippen molar-refractivity contribution in [3.63, 3.8) is 0 Å². The SMILES string of the molecule is CC(C)(C)Nc1c(-c2ccc(-c3ccccc3)cc2)nc2cnccn12. The Morgan fingerprint density at radius 1 is 0.846 bits per heavy atom. The molecule has 0 aliphatic rings.